The van der Waals surface area contributed by atoms with E-state index in [0.717, 1.165) is 9.87 Å². The summed E-state index contributed by atoms with van der Waals surface area (Å²) in [4.78, 5) is 12.2. The van der Waals surface area contributed by atoms with Crippen molar-refractivity contribution >= 4 is 15.9 Å². The monoisotopic (exact) mass is 362 g/mol. The molecule has 0 aromatic heterocycles. The van der Waals surface area contributed by atoms with E-state index in [2.05, 4.69) is 5.32 Å². The normalized spacial score (nSPS) is 12.8. The maximum atomic E-state index is 12.1. The quantitative estimate of drug-likeness (QED) is 0.786. The van der Waals surface area contributed by atoms with Crippen LogP contribution >= 0.6 is 0 Å². The number of rotatable bonds is 7. The van der Waals surface area contributed by atoms with Crippen molar-refractivity contribution in [2.45, 2.75) is 17.4 Å². The highest BCUT2D eigenvalue weighted by molar-refractivity contribution is 7.89. The van der Waals surface area contributed by atoms with Crippen molar-refractivity contribution in [3.63, 3.8) is 0 Å². The molecule has 1 atom stereocenters. The number of hydrogen-bond donors (Lipinski definition) is 2. The first-order valence-corrected chi connectivity index (χ1v) is 9.30. The van der Waals surface area contributed by atoms with Crippen LogP contribution in [0.3, 0.4) is 0 Å². The molecular weight excluding hydrogens is 340 g/mol. The third-order valence-corrected chi connectivity index (χ3v) is 5.61. The van der Waals surface area contributed by atoms with E-state index >= 15 is 0 Å². The second-order valence-corrected chi connectivity index (χ2v) is 7.93. The van der Waals surface area contributed by atoms with Crippen molar-refractivity contribution in [1.82, 2.24) is 9.62 Å². The predicted octanol–water partition coefficient (Wildman–Crippen LogP) is 1.79. The molecule has 1 unspecified atom stereocenters. The average Bonchev–Trinajstić information content (AvgIpc) is 2.62. The lowest BCUT2D eigenvalue weighted by Gasteiger charge is -2.13. The molecule has 0 saturated heterocycles. The number of carbonyl (C=O) groups is 1. The number of aliphatic hydroxyl groups excluding tert-OH is 1. The molecule has 0 fully saturated rings. The Kier molecular flexibility index (Phi) is 6.30. The van der Waals surface area contributed by atoms with Gasteiger partial charge in [0.25, 0.3) is 5.91 Å². The van der Waals surface area contributed by atoms with Crippen LogP contribution in [-0.2, 0) is 10.0 Å². The SMILES string of the molecule is CN(C)S(=O)(=O)c1ccc(C(=O)NCCC(O)c2ccccc2)cc1. The molecule has 6 nitrogen and oxygen atoms in total. The van der Waals surface area contributed by atoms with Gasteiger partial charge in [0.2, 0.25) is 10.0 Å². The van der Waals surface area contributed by atoms with Gasteiger partial charge in [0, 0.05) is 26.2 Å². The first kappa shape index (κ1) is 19.1. The molecule has 0 spiro atoms. The summed E-state index contributed by atoms with van der Waals surface area (Å²) in [6.45, 7) is 0.312. The van der Waals surface area contributed by atoms with E-state index in [1.807, 2.05) is 30.3 Å². The van der Waals surface area contributed by atoms with Crippen molar-refractivity contribution in [2.75, 3.05) is 20.6 Å². The maximum absolute atomic E-state index is 12.1. The van der Waals surface area contributed by atoms with E-state index in [0.29, 0.717) is 18.5 Å². The van der Waals surface area contributed by atoms with E-state index in [4.69, 9.17) is 0 Å². The zero-order chi connectivity index (χ0) is 18.4. The first-order valence-electron chi connectivity index (χ1n) is 7.86. The van der Waals surface area contributed by atoms with Crippen molar-refractivity contribution < 1.29 is 18.3 Å². The van der Waals surface area contributed by atoms with Gasteiger partial charge in [-0.15, -0.1) is 0 Å². The minimum Gasteiger partial charge on any atom is -0.388 e. The Morgan fingerprint density at radius 3 is 2.24 bits per heavy atom. The number of benzene rings is 2. The molecule has 25 heavy (non-hydrogen) atoms. The fourth-order valence-electron chi connectivity index (χ4n) is 2.26. The van der Waals surface area contributed by atoms with Crippen LogP contribution in [0.5, 0.6) is 0 Å². The summed E-state index contributed by atoms with van der Waals surface area (Å²) < 4.78 is 25.1. The summed E-state index contributed by atoms with van der Waals surface area (Å²) in [7, 11) is -0.605. The average molecular weight is 362 g/mol. The Hall–Kier alpha value is -2.22. The van der Waals surface area contributed by atoms with Crippen molar-refractivity contribution in [2.24, 2.45) is 0 Å². The lowest BCUT2D eigenvalue weighted by molar-refractivity contribution is 0.0942. The van der Waals surface area contributed by atoms with E-state index < -0.39 is 16.1 Å². The molecular formula is C18H22N2O4S. The van der Waals surface area contributed by atoms with Gasteiger partial charge in [-0.1, -0.05) is 30.3 Å². The van der Waals surface area contributed by atoms with Crippen molar-refractivity contribution in [1.29, 1.82) is 0 Å². The third-order valence-electron chi connectivity index (χ3n) is 3.78. The number of hydrogen-bond acceptors (Lipinski definition) is 4. The van der Waals surface area contributed by atoms with Gasteiger partial charge in [0.05, 0.1) is 11.0 Å². The van der Waals surface area contributed by atoms with E-state index in [1.165, 1.54) is 38.4 Å². The lowest BCUT2D eigenvalue weighted by atomic mass is 10.1. The van der Waals surface area contributed by atoms with Gasteiger partial charge >= 0.3 is 0 Å². The van der Waals surface area contributed by atoms with Gasteiger partial charge in [-0.2, -0.15) is 0 Å². The van der Waals surface area contributed by atoms with Gasteiger partial charge in [-0.25, -0.2) is 12.7 Å². The molecule has 2 aromatic carbocycles. The van der Waals surface area contributed by atoms with E-state index in [9.17, 15) is 18.3 Å². The number of carbonyl (C=O) groups excluding carboxylic acids is 1. The van der Waals surface area contributed by atoms with Gasteiger partial charge in [0.15, 0.2) is 0 Å². The summed E-state index contributed by atoms with van der Waals surface area (Å²) in [6, 6.07) is 15.0. The number of nitrogens with zero attached hydrogens (tertiary/aromatic N) is 1. The molecule has 2 rings (SSSR count). The molecule has 0 aliphatic carbocycles. The maximum Gasteiger partial charge on any atom is 0.251 e. The van der Waals surface area contributed by atoms with Crippen LogP contribution in [0, 0.1) is 0 Å². The number of sulfonamides is 1. The summed E-state index contributed by atoms with van der Waals surface area (Å²) >= 11 is 0. The highest BCUT2D eigenvalue weighted by Gasteiger charge is 2.17. The van der Waals surface area contributed by atoms with E-state index in [1.54, 1.807) is 0 Å². The minimum absolute atomic E-state index is 0.133. The molecule has 0 bridgehead atoms. The molecule has 1 amide bonds. The molecule has 0 radical (unpaired) electrons. The topological polar surface area (TPSA) is 86.7 Å². The Morgan fingerprint density at radius 1 is 1.08 bits per heavy atom. The fourth-order valence-corrected chi connectivity index (χ4v) is 3.16. The second kappa shape index (κ2) is 8.24. The summed E-state index contributed by atoms with van der Waals surface area (Å²) in [5.41, 5.74) is 1.17. The zero-order valence-corrected chi connectivity index (χ0v) is 15.0. The lowest BCUT2D eigenvalue weighted by Crippen LogP contribution is -2.26. The van der Waals surface area contributed by atoms with Crippen LogP contribution in [0.15, 0.2) is 59.5 Å². The smallest absolute Gasteiger partial charge is 0.251 e. The second-order valence-electron chi connectivity index (χ2n) is 5.78. The third kappa shape index (κ3) is 4.88. The largest absolute Gasteiger partial charge is 0.388 e. The summed E-state index contributed by atoms with van der Waals surface area (Å²) in [5.74, 6) is -0.311. The predicted molar refractivity (Wildman–Crippen MR) is 95.7 cm³/mol. The summed E-state index contributed by atoms with van der Waals surface area (Å²) in [5, 5.41) is 12.8. The summed E-state index contributed by atoms with van der Waals surface area (Å²) in [6.07, 6.45) is -0.253. The minimum atomic E-state index is -3.51. The first-order chi connectivity index (χ1) is 11.8. The molecule has 2 N–H and O–H groups in total. The molecule has 0 aliphatic heterocycles. The molecule has 0 saturated carbocycles. The molecule has 7 heteroatoms. The Balaban J connectivity index is 1.91. The molecule has 134 valence electrons. The number of amides is 1. The van der Waals surface area contributed by atoms with Crippen LogP contribution in [0.4, 0.5) is 0 Å². The van der Waals surface area contributed by atoms with Crippen molar-refractivity contribution in [3.05, 3.63) is 65.7 Å². The molecule has 0 heterocycles. The molecule has 2 aromatic rings. The van der Waals surface area contributed by atoms with Crippen LogP contribution in [-0.4, -0.2) is 44.4 Å². The highest BCUT2D eigenvalue weighted by Crippen LogP contribution is 2.16. The Morgan fingerprint density at radius 2 is 1.68 bits per heavy atom. The van der Waals surface area contributed by atoms with Crippen LogP contribution in [0.25, 0.3) is 0 Å². The highest BCUT2D eigenvalue weighted by atomic mass is 32.2. The Bertz CT molecular complexity index is 803. The number of aliphatic hydroxyl groups is 1. The standard InChI is InChI=1S/C18H22N2O4S/c1-20(2)25(23,24)16-10-8-15(9-11-16)18(22)19-13-12-17(21)14-6-4-3-5-7-14/h3-11,17,21H,12-13H2,1-2H3,(H,19,22). The molecule has 0 aliphatic rings. The van der Waals surface area contributed by atoms with Gasteiger partial charge in [0.1, 0.15) is 0 Å². The van der Waals surface area contributed by atoms with Gasteiger partial charge < -0.3 is 10.4 Å². The zero-order valence-electron chi connectivity index (χ0n) is 14.2. The van der Waals surface area contributed by atoms with Gasteiger partial charge in [-0.3, -0.25) is 4.79 Å². The van der Waals surface area contributed by atoms with Crippen LogP contribution in [0.1, 0.15) is 28.4 Å². The fraction of sp³-hybridized carbons (Fsp3) is 0.278. The van der Waals surface area contributed by atoms with Crippen LogP contribution < -0.4 is 5.32 Å². The Labute approximate surface area is 148 Å². The van der Waals surface area contributed by atoms with Crippen molar-refractivity contribution in [3.8, 4) is 0 Å². The van der Waals surface area contributed by atoms with E-state index in [-0.39, 0.29) is 10.8 Å². The number of nitrogens with one attached hydrogen (secondary N) is 1. The van der Waals surface area contributed by atoms with Crippen LogP contribution in [0.2, 0.25) is 0 Å². The van der Waals surface area contributed by atoms with Gasteiger partial charge in [-0.05, 0) is 36.2 Å².